The Kier molecular flexibility index (Phi) is 10.2. The van der Waals surface area contributed by atoms with Crippen LogP contribution in [0, 0.1) is 0 Å². The van der Waals surface area contributed by atoms with E-state index in [1.54, 1.807) is 48.2 Å². The van der Waals surface area contributed by atoms with Crippen LogP contribution in [0.2, 0.25) is 0 Å². The number of nitrogens with two attached hydrogens (primary N) is 1. The third-order valence-electron chi connectivity index (χ3n) is 5.79. The van der Waals surface area contributed by atoms with Crippen molar-refractivity contribution in [2.75, 3.05) is 26.3 Å². The summed E-state index contributed by atoms with van der Waals surface area (Å²) in [5.74, 6) is -1.52. The van der Waals surface area contributed by atoms with Crippen molar-refractivity contribution in [3.05, 3.63) is 59.7 Å². The fraction of sp³-hybridized carbons (Fsp3) is 0.407. The Balaban J connectivity index is 1.58. The summed E-state index contributed by atoms with van der Waals surface area (Å²) in [7, 11) is 0. The standard InChI is InChI=1S/C27H32N2O8/c1-3-34-25(31)17-35-20-12-14-29(15-13-20)26(32)22(28)16-19-8-4-6-10-23(19)37-27(33)21-9-5-7-11-24(21)36-18(2)30/h4-11,20,22H,3,12-17,28H2,1-2H3. The number of piperidine rings is 1. The molecule has 1 atom stereocenters. The molecule has 1 unspecified atom stereocenters. The Labute approximate surface area is 215 Å². The van der Waals surface area contributed by atoms with Gasteiger partial charge in [0.25, 0.3) is 0 Å². The van der Waals surface area contributed by atoms with Gasteiger partial charge in [0.1, 0.15) is 23.7 Å². The number of nitrogens with zero attached hydrogens (tertiary/aromatic N) is 1. The highest BCUT2D eigenvalue weighted by Crippen LogP contribution is 2.25. The molecule has 2 N–H and O–H groups in total. The van der Waals surface area contributed by atoms with E-state index in [0.717, 1.165) is 0 Å². The van der Waals surface area contributed by atoms with E-state index in [1.807, 2.05) is 0 Å². The van der Waals surface area contributed by atoms with Crippen molar-refractivity contribution in [3.63, 3.8) is 0 Å². The number of hydrogen-bond donors (Lipinski definition) is 1. The highest BCUT2D eigenvalue weighted by Gasteiger charge is 2.28. The van der Waals surface area contributed by atoms with E-state index in [1.165, 1.54) is 19.1 Å². The van der Waals surface area contributed by atoms with Crippen LogP contribution in [-0.4, -0.2) is 67.2 Å². The highest BCUT2D eigenvalue weighted by molar-refractivity contribution is 5.95. The smallest absolute Gasteiger partial charge is 0.347 e. The predicted molar refractivity (Wildman–Crippen MR) is 133 cm³/mol. The van der Waals surface area contributed by atoms with Gasteiger partial charge in [0.15, 0.2) is 0 Å². The monoisotopic (exact) mass is 512 g/mol. The van der Waals surface area contributed by atoms with E-state index >= 15 is 0 Å². The van der Waals surface area contributed by atoms with Crippen molar-refractivity contribution in [2.45, 2.75) is 45.3 Å². The van der Waals surface area contributed by atoms with Crippen LogP contribution in [0.15, 0.2) is 48.5 Å². The number of para-hydroxylation sites is 2. The van der Waals surface area contributed by atoms with Crippen LogP contribution >= 0.6 is 0 Å². The summed E-state index contributed by atoms with van der Waals surface area (Å²) in [5, 5.41) is 0. The third kappa shape index (κ3) is 8.12. The first-order valence-corrected chi connectivity index (χ1v) is 12.2. The minimum Gasteiger partial charge on any atom is -0.464 e. The van der Waals surface area contributed by atoms with Gasteiger partial charge in [-0.2, -0.15) is 0 Å². The maximum Gasteiger partial charge on any atom is 0.347 e. The zero-order chi connectivity index (χ0) is 26.8. The molecule has 0 saturated carbocycles. The third-order valence-corrected chi connectivity index (χ3v) is 5.79. The van der Waals surface area contributed by atoms with E-state index in [0.29, 0.717) is 38.1 Å². The van der Waals surface area contributed by atoms with Gasteiger partial charge in [-0.3, -0.25) is 9.59 Å². The molecule has 0 bridgehead atoms. The Morgan fingerprint density at radius 3 is 2.30 bits per heavy atom. The fourth-order valence-corrected chi connectivity index (χ4v) is 4.00. The number of esters is 3. The normalized spacial score (nSPS) is 14.5. The molecular formula is C27H32N2O8. The SMILES string of the molecule is CCOC(=O)COC1CCN(C(=O)C(N)Cc2ccccc2OC(=O)c2ccccc2OC(C)=O)CC1. The van der Waals surface area contributed by atoms with Gasteiger partial charge in [0.05, 0.1) is 18.8 Å². The molecule has 0 spiro atoms. The molecule has 2 aromatic carbocycles. The Bertz CT molecular complexity index is 1110. The fourth-order valence-electron chi connectivity index (χ4n) is 4.00. The van der Waals surface area contributed by atoms with Gasteiger partial charge in [0.2, 0.25) is 5.91 Å². The summed E-state index contributed by atoms with van der Waals surface area (Å²) in [6.45, 7) is 4.10. The number of hydrogen-bond acceptors (Lipinski definition) is 9. The summed E-state index contributed by atoms with van der Waals surface area (Å²) < 4.78 is 21.1. The zero-order valence-electron chi connectivity index (χ0n) is 21.0. The van der Waals surface area contributed by atoms with Crippen molar-refractivity contribution in [2.24, 2.45) is 5.73 Å². The Hall–Kier alpha value is -3.76. The minimum absolute atomic E-state index is 0.0963. The predicted octanol–water partition coefficient (Wildman–Crippen LogP) is 2.27. The van der Waals surface area contributed by atoms with E-state index in [2.05, 4.69) is 0 Å². The van der Waals surface area contributed by atoms with Crippen LogP contribution < -0.4 is 15.2 Å². The van der Waals surface area contributed by atoms with Gasteiger partial charge in [0, 0.05) is 26.4 Å². The number of carbonyl (C=O) groups excluding carboxylic acids is 4. The van der Waals surface area contributed by atoms with Crippen LogP contribution in [0.4, 0.5) is 0 Å². The maximum atomic E-state index is 13.0. The maximum absolute atomic E-state index is 13.0. The number of likely N-dealkylation sites (tertiary alicyclic amines) is 1. The Morgan fingerprint density at radius 2 is 1.62 bits per heavy atom. The molecule has 1 aliphatic heterocycles. The molecule has 1 fully saturated rings. The molecule has 1 heterocycles. The lowest BCUT2D eigenvalue weighted by atomic mass is 10.0. The van der Waals surface area contributed by atoms with Crippen molar-refractivity contribution in [1.82, 2.24) is 4.90 Å². The van der Waals surface area contributed by atoms with Gasteiger partial charge in [-0.05, 0) is 43.5 Å². The van der Waals surface area contributed by atoms with Gasteiger partial charge in [-0.15, -0.1) is 0 Å². The molecular weight excluding hydrogens is 480 g/mol. The van der Waals surface area contributed by atoms with Gasteiger partial charge in [-0.25, -0.2) is 9.59 Å². The van der Waals surface area contributed by atoms with Crippen molar-refractivity contribution < 1.29 is 38.1 Å². The lowest BCUT2D eigenvalue weighted by Crippen LogP contribution is -2.49. The highest BCUT2D eigenvalue weighted by atomic mass is 16.6. The van der Waals surface area contributed by atoms with Crippen molar-refractivity contribution >= 4 is 23.8 Å². The van der Waals surface area contributed by atoms with Crippen LogP contribution in [0.25, 0.3) is 0 Å². The summed E-state index contributed by atoms with van der Waals surface area (Å²) in [5.41, 5.74) is 6.94. The van der Waals surface area contributed by atoms with E-state index < -0.39 is 23.9 Å². The second kappa shape index (κ2) is 13.5. The molecule has 2 aromatic rings. The number of benzene rings is 2. The topological polar surface area (TPSA) is 134 Å². The summed E-state index contributed by atoms with van der Waals surface area (Å²) >= 11 is 0. The summed E-state index contributed by atoms with van der Waals surface area (Å²) in [4.78, 5) is 50.4. The molecule has 0 aromatic heterocycles. The summed E-state index contributed by atoms with van der Waals surface area (Å²) in [6.07, 6.45) is 1.22. The van der Waals surface area contributed by atoms with Crippen LogP contribution in [0.5, 0.6) is 11.5 Å². The lowest BCUT2D eigenvalue weighted by molar-refractivity contribution is -0.152. The quantitative estimate of drug-likeness (QED) is 0.376. The molecule has 1 saturated heterocycles. The molecule has 198 valence electrons. The number of ether oxygens (including phenoxy) is 4. The first-order chi connectivity index (χ1) is 17.8. The van der Waals surface area contributed by atoms with E-state index in [9.17, 15) is 19.2 Å². The number of amides is 1. The largest absolute Gasteiger partial charge is 0.464 e. The molecule has 10 heteroatoms. The average molecular weight is 513 g/mol. The second-order valence-corrected chi connectivity index (χ2v) is 8.54. The van der Waals surface area contributed by atoms with E-state index in [-0.39, 0.29) is 42.1 Å². The summed E-state index contributed by atoms with van der Waals surface area (Å²) in [6, 6.07) is 12.3. The molecule has 0 aliphatic carbocycles. The number of rotatable bonds is 10. The first kappa shape index (κ1) is 27.8. The molecule has 3 rings (SSSR count). The second-order valence-electron chi connectivity index (χ2n) is 8.54. The van der Waals surface area contributed by atoms with Crippen molar-refractivity contribution in [1.29, 1.82) is 0 Å². The molecule has 1 aliphatic rings. The van der Waals surface area contributed by atoms with Gasteiger partial charge >= 0.3 is 17.9 Å². The van der Waals surface area contributed by atoms with Crippen LogP contribution in [0.1, 0.15) is 42.6 Å². The lowest BCUT2D eigenvalue weighted by Gasteiger charge is -2.33. The van der Waals surface area contributed by atoms with E-state index in [4.69, 9.17) is 24.7 Å². The van der Waals surface area contributed by atoms with Gasteiger partial charge < -0.3 is 29.6 Å². The number of carbonyl (C=O) groups is 4. The zero-order valence-corrected chi connectivity index (χ0v) is 21.0. The van der Waals surface area contributed by atoms with Gasteiger partial charge in [-0.1, -0.05) is 30.3 Å². The molecule has 0 radical (unpaired) electrons. The first-order valence-electron chi connectivity index (χ1n) is 12.2. The molecule has 37 heavy (non-hydrogen) atoms. The molecule has 10 nitrogen and oxygen atoms in total. The van der Waals surface area contributed by atoms with Crippen molar-refractivity contribution in [3.8, 4) is 11.5 Å². The average Bonchev–Trinajstić information content (AvgIpc) is 2.88. The minimum atomic E-state index is -0.842. The van der Waals surface area contributed by atoms with Crippen LogP contribution in [0.3, 0.4) is 0 Å². The Morgan fingerprint density at radius 1 is 0.973 bits per heavy atom. The van der Waals surface area contributed by atoms with Crippen LogP contribution in [-0.2, 0) is 30.3 Å². The molecule has 1 amide bonds.